The molecule has 1 fully saturated rings. The van der Waals surface area contributed by atoms with Gasteiger partial charge < -0.3 is 19.5 Å². The van der Waals surface area contributed by atoms with Crippen LogP contribution in [-0.2, 0) is 16.1 Å². The highest BCUT2D eigenvalue weighted by Crippen LogP contribution is 2.30. The number of nitrogens with one attached hydrogen (secondary N) is 1. The van der Waals surface area contributed by atoms with Crippen molar-refractivity contribution in [3.63, 3.8) is 0 Å². The Kier molecular flexibility index (Phi) is 7.90. The summed E-state index contributed by atoms with van der Waals surface area (Å²) >= 11 is 1.34. The lowest BCUT2D eigenvalue weighted by molar-refractivity contribution is -0.274. The Labute approximate surface area is 205 Å². The maximum atomic E-state index is 12.9. The van der Waals surface area contributed by atoms with Crippen LogP contribution in [0.2, 0.25) is 0 Å². The molecule has 0 radical (unpaired) electrons. The predicted octanol–water partition coefficient (Wildman–Crippen LogP) is 5.67. The Hall–Kier alpha value is -3.14. The van der Waals surface area contributed by atoms with Crippen LogP contribution in [0.4, 0.5) is 18.9 Å². The fourth-order valence-corrected chi connectivity index (χ4v) is 4.99. The van der Waals surface area contributed by atoms with Gasteiger partial charge in [0.25, 0.3) is 0 Å². The van der Waals surface area contributed by atoms with Gasteiger partial charge in [0.2, 0.25) is 11.8 Å². The highest BCUT2D eigenvalue weighted by Gasteiger charge is 2.31. The molecule has 2 amide bonds. The van der Waals surface area contributed by atoms with Crippen LogP contribution in [0.25, 0.3) is 10.9 Å². The fourth-order valence-electron chi connectivity index (χ4n) is 4.11. The minimum atomic E-state index is -4.77. The number of likely N-dealkylation sites (tertiary alicyclic amines) is 1. The van der Waals surface area contributed by atoms with Crippen molar-refractivity contribution in [3.8, 4) is 5.75 Å². The summed E-state index contributed by atoms with van der Waals surface area (Å²) in [5, 5.41) is 3.63. The molecule has 35 heavy (non-hydrogen) atoms. The number of thioether (sulfide) groups is 1. The first-order chi connectivity index (χ1) is 16.8. The van der Waals surface area contributed by atoms with Crippen LogP contribution in [0.3, 0.4) is 0 Å². The molecular weight excluding hydrogens is 479 g/mol. The van der Waals surface area contributed by atoms with Crippen LogP contribution >= 0.6 is 11.8 Å². The van der Waals surface area contributed by atoms with Gasteiger partial charge in [0.1, 0.15) is 12.3 Å². The lowest BCUT2D eigenvalue weighted by atomic mass is 10.2. The van der Waals surface area contributed by atoms with Gasteiger partial charge in [-0.25, -0.2) is 0 Å². The number of anilines is 1. The standard InChI is InChI=1S/C25H26F3N3O3S/c26-25(27,28)34-19-11-9-18(10-12-19)29-23(32)17-35-22-15-31(21-8-4-3-7-20(21)22)16-24(33)30-13-5-1-2-6-14-30/h3-4,7-12,15H,1-2,5-6,13-14,16-17H2,(H,29,32). The Morgan fingerprint density at radius 2 is 1.66 bits per heavy atom. The summed E-state index contributed by atoms with van der Waals surface area (Å²) in [6.45, 7) is 1.84. The monoisotopic (exact) mass is 505 g/mol. The highest BCUT2D eigenvalue weighted by atomic mass is 32.2. The molecule has 0 spiro atoms. The van der Waals surface area contributed by atoms with E-state index in [1.165, 1.54) is 23.9 Å². The molecule has 1 N–H and O–H groups in total. The van der Waals surface area contributed by atoms with E-state index in [9.17, 15) is 22.8 Å². The van der Waals surface area contributed by atoms with E-state index in [4.69, 9.17) is 0 Å². The van der Waals surface area contributed by atoms with Gasteiger partial charge >= 0.3 is 6.36 Å². The van der Waals surface area contributed by atoms with Gasteiger partial charge in [-0.2, -0.15) is 0 Å². The number of benzene rings is 2. The summed E-state index contributed by atoms with van der Waals surface area (Å²) < 4.78 is 42.6. The quantitative estimate of drug-likeness (QED) is 0.420. The zero-order valence-electron chi connectivity index (χ0n) is 19.0. The third-order valence-electron chi connectivity index (χ3n) is 5.75. The molecule has 0 atom stereocenters. The number of hydrogen-bond donors (Lipinski definition) is 1. The van der Waals surface area contributed by atoms with Gasteiger partial charge in [-0.1, -0.05) is 31.0 Å². The van der Waals surface area contributed by atoms with E-state index in [0.717, 1.165) is 66.7 Å². The SMILES string of the molecule is O=C(CSc1cn(CC(=O)N2CCCCCC2)c2ccccc12)Nc1ccc(OC(F)(F)F)cc1. The summed E-state index contributed by atoms with van der Waals surface area (Å²) in [7, 11) is 0. The predicted molar refractivity (Wildman–Crippen MR) is 129 cm³/mol. The van der Waals surface area contributed by atoms with E-state index >= 15 is 0 Å². The van der Waals surface area contributed by atoms with Gasteiger partial charge in [0.05, 0.1) is 5.75 Å². The molecule has 1 saturated heterocycles. The number of carbonyl (C=O) groups excluding carboxylic acids is 2. The molecule has 10 heteroatoms. The molecule has 2 aromatic carbocycles. The number of ether oxygens (including phenoxy) is 1. The van der Waals surface area contributed by atoms with E-state index < -0.39 is 6.36 Å². The van der Waals surface area contributed by atoms with Crippen LogP contribution < -0.4 is 10.1 Å². The number of rotatable bonds is 7. The molecule has 0 unspecified atom stereocenters. The van der Waals surface area contributed by atoms with Crippen molar-refractivity contribution in [2.75, 3.05) is 24.2 Å². The number of amides is 2. The molecule has 3 aromatic rings. The van der Waals surface area contributed by atoms with Gasteiger partial charge in [-0.15, -0.1) is 24.9 Å². The minimum Gasteiger partial charge on any atom is -0.406 e. The Morgan fingerprint density at radius 1 is 0.971 bits per heavy atom. The minimum absolute atomic E-state index is 0.0971. The van der Waals surface area contributed by atoms with Crippen molar-refractivity contribution < 1.29 is 27.5 Å². The molecule has 0 bridgehead atoms. The van der Waals surface area contributed by atoms with Crippen LogP contribution in [0.15, 0.2) is 59.6 Å². The number of alkyl halides is 3. The maximum Gasteiger partial charge on any atom is 0.573 e. The third-order valence-corrected chi connectivity index (χ3v) is 6.79. The summed E-state index contributed by atoms with van der Waals surface area (Å²) in [6.07, 6.45) is 1.52. The second kappa shape index (κ2) is 11.1. The normalized spacial score (nSPS) is 14.5. The van der Waals surface area contributed by atoms with Crippen molar-refractivity contribution in [1.82, 2.24) is 9.47 Å². The smallest absolute Gasteiger partial charge is 0.406 e. The van der Waals surface area contributed by atoms with Crippen LogP contribution in [0.5, 0.6) is 5.75 Å². The van der Waals surface area contributed by atoms with Gasteiger partial charge in [-0.3, -0.25) is 9.59 Å². The average Bonchev–Trinajstić information content (AvgIpc) is 2.98. The second-order valence-corrected chi connectivity index (χ2v) is 9.36. The second-order valence-electron chi connectivity index (χ2n) is 8.34. The van der Waals surface area contributed by atoms with E-state index in [1.54, 1.807) is 0 Å². The Morgan fingerprint density at radius 3 is 2.34 bits per heavy atom. The number of fused-ring (bicyclic) bond motifs is 1. The van der Waals surface area contributed by atoms with E-state index in [-0.39, 0.29) is 29.9 Å². The molecule has 186 valence electrons. The molecule has 0 aliphatic carbocycles. The summed E-state index contributed by atoms with van der Waals surface area (Å²) in [5.74, 6) is -0.446. The summed E-state index contributed by atoms with van der Waals surface area (Å²) in [6, 6.07) is 12.7. The van der Waals surface area contributed by atoms with E-state index in [1.807, 2.05) is 39.9 Å². The Bertz CT molecular complexity index is 1170. The number of carbonyl (C=O) groups is 2. The van der Waals surface area contributed by atoms with Crippen LogP contribution in [0.1, 0.15) is 25.7 Å². The highest BCUT2D eigenvalue weighted by molar-refractivity contribution is 8.00. The molecule has 1 aromatic heterocycles. The number of aromatic nitrogens is 1. The maximum absolute atomic E-state index is 12.9. The number of para-hydroxylation sites is 1. The molecule has 0 saturated carbocycles. The van der Waals surface area contributed by atoms with Crippen molar-refractivity contribution in [2.24, 2.45) is 0 Å². The number of nitrogens with zero attached hydrogens (tertiary/aromatic N) is 2. The van der Waals surface area contributed by atoms with Gasteiger partial charge in [-0.05, 0) is 43.2 Å². The van der Waals surface area contributed by atoms with Crippen molar-refractivity contribution in [3.05, 3.63) is 54.7 Å². The summed E-state index contributed by atoms with van der Waals surface area (Å²) in [5.41, 5.74) is 1.30. The Balaban J connectivity index is 1.38. The van der Waals surface area contributed by atoms with Crippen molar-refractivity contribution in [1.29, 1.82) is 0 Å². The zero-order chi connectivity index (χ0) is 24.8. The molecular formula is C25H26F3N3O3S. The van der Waals surface area contributed by atoms with Crippen molar-refractivity contribution >= 4 is 40.2 Å². The average molecular weight is 506 g/mol. The number of hydrogen-bond acceptors (Lipinski definition) is 4. The molecule has 1 aliphatic rings. The van der Waals surface area contributed by atoms with Gasteiger partial charge in [0.15, 0.2) is 0 Å². The molecule has 2 heterocycles. The lowest BCUT2D eigenvalue weighted by Crippen LogP contribution is -2.34. The zero-order valence-corrected chi connectivity index (χ0v) is 19.8. The largest absolute Gasteiger partial charge is 0.573 e. The van der Waals surface area contributed by atoms with E-state index in [0.29, 0.717) is 5.69 Å². The van der Waals surface area contributed by atoms with Gasteiger partial charge in [0, 0.05) is 40.8 Å². The first-order valence-corrected chi connectivity index (χ1v) is 12.4. The summed E-state index contributed by atoms with van der Waals surface area (Å²) in [4.78, 5) is 28.2. The fraction of sp³-hybridized carbons (Fsp3) is 0.360. The number of halogens is 3. The van der Waals surface area contributed by atoms with Crippen LogP contribution in [-0.4, -0.2) is 46.5 Å². The molecule has 6 nitrogen and oxygen atoms in total. The molecule has 1 aliphatic heterocycles. The van der Waals surface area contributed by atoms with Crippen LogP contribution in [0, 0.1) is 0 Å². The van der Waals surface area contributed by atoms with E-state index in [2.05, 4.69) is 10.1 Å². The topological polar surface area (TPSA) is 63.6 Å². The molecule has 4 rings (SSSR count). The van der Waals surface area contributed by atoms with Crippen molar-refractivity contribution in [2.45, 2.75) is 43.5 Å². The lowest BCUT2D eigenvalue weighted by Gasteiger charge is -2.20. The first-order valence-electron chi connectivity index (χ1n) is 11.4. The first kappa shape index (κ1) is 25.0. The third kappa shape index (κ3) is 6.94.